The van der Waals surface area contributed by atoms with Gasteiger partial charge in [0.25, 0.3) is 5.56 Å². The van der Waals surface area contributed by atoms with Crippen LogP contribution in [0.25, 0.3) is 11.0 Å². The van der Waals surface area contributed by atoms with Crippen molar-refractivity contribution in [2.45, 2.75) is 24.3 Å². The normalized spacial score (nSPS) is 30.2. The van der Waals surface area contributed by atoms with E-state index in [1.165, 1.54) is 0 Å². The van der Waals surface area contributed by atoms with Crippen LogP contribution in [0.1, 0.15) is 11.6 Å². The smallest absolute Gasteiger partial charge is 0.275 e. The highest BCUT2D eigenvalue weighted by molar-refractivity contribution is 5.78. The monoisotopic (exact) mass is 284 g/mol. The number of fused-ring (bicyclic) bond motifs is 1. The summed E-state index contributed by atoms with van der Waals surface area (Å²) in [5, 5.41) is 31.5. The molecule has 3 heterocycles. The van der Waals surface area contributed by atoms with Crippen LogP contribution in [0.2, 0.25) is 0 Å². The molecule has 0 spiro atoms. The number of H-pyrrole nitrogens is 2. The standard InChI is InChI=1S/C11H13FN4O4/c12-10-4(5-7(16-10)11(20)14-2-13-5)6-9(19)8(18)3(1-17)15-6/h2-3,6,8-9,15-19H,1H2,(H,13,14,20)/t3-,6?,8-,9+/m1/s1. The minimum absolute atomic E-state index is 0.0337. The molecule has 2 aromatic rings. The van der Waals surface area contributed by atoms with Gasteiger partial charge in [0, 0.05) is 0 Å². The molecule has 0 saturated carbocycles. The second-order valence-electron chi connectivity index (χ2n) is 4.72. The first-order chi connectivity index (χ1) is 9.54. The zero-order chi connectivity index (χ0) is 14.4. The molecule has 9 heteroatoms. The molecule has 108 valence electrons. The Morgan fingerprint density at radius 3 is 2.75 bits per heavy atom. The summed E-state index contributed by atoms with van der Waals surface area (Å²) in [7, 11) is 0. The summed E-state index contributed by atoms with van der Waals surface area (Å²) in [5.41, 5.74) is -0.537. The Kier molecular flexibility index (Phi) is 3.05. The fraction of sp³-hybridized carbons (Fsp3) is 0.455. The van der Waals surface area contributed by atoms with E-state index < -0.39 is 42.4 Å². The first-order valence-corrected chi connectivity index (χ1v) is 6.02. The zero-order valence-electron chi connectivity index (χ0n) is 10.2. The van der Waals surface area contributed by atoms with E-state index >= 15 is 0 Å². The van der Waals surface area contributed by atoms with Crippen LogP contribution in [0.5, 0.6) is 0 Å². The Balaban J connectivity index is 2.14. The molecule has 0 bridgehead atoms. The number of hydrogen-bond donors (Lipinski definition) is 6. The van der Waals surface area contributed by atoms with Gasteiger partial charge >= 0.3 is 0 Å². The minimum atomic E-state index is -1.32. The van der Waals surface area contributed by atoms with E-state index in [9.17, 15) is 19.4 Å². The Labute approximate surface area is 111 Å². The maximum absolute atomic E-state index is 14.0. The van der Waals surface area contributed by atoms with Crippen molar-refractivity contribution in [1.82, 2.24) is 20.3 Å². The van der Waals surface area contributed by atoms with Crippen LogP contribution < -0.4 is 10.9 Å². The van der Waals surface area contributed by atoms with Crippen LogP contribution in [-0.4, -0.2) is 55.1 Å². The summed E-state index contributed by atoms with van der Waals surface area (Å²) < 4.78 is 14.0. The second-order valence-corrected chi connectivity index (χ2v) is 4.72. The van der Waals surface area contributed by atoms with Crippen LogP contribution in [0.3, 0.4) is 0 Å². The van der Waals surface area contributed by atoms with Crippen molar-refractivity contribution in [3.63, 3.8) is 0 Å². The highest BCUT2D eigenvalue weighted by atomic mass is 19.1. The van der Waals surface area contributed by atoms with Gasteiger partial charge in [-0.05, 0) is 0 Å². The molecule has 3 rings (SSSR count). The molecule has 20 heavy (non-hydrogen) atoms. The molecule has 1 unspecified atom stereocenters. The van der Waals surface area contributed by atoms with Crippen molar-refractivity contribution in [1.29, 1.82) is 0 Å². The van der Waals surface area contributed by atoms with Gasteiger partial charge in [-0.25, -0.2) is 4.98 Å². The summed E-state index contributed by atoms with van der Waals surface area (Å²) in [6.07, 6.45) is -1.43. The van der Waals surface area contributed by atoms with Crippen molar-refractivity contribution >= 4 is 11.0 Å². The number of hydrogen-bond acceptors (Lipinski definition) is 6. The molecule has 8 nitrogen and oxygen atoms in total. The molecule has 2 aromatic heterocycles. The van der Waals surface area contributed by atoms with E-state index in [1.54, 1.807) is 0 Å². The van der Waals surface area contributed by atoms with Crippen LogP contribution in [0.4, 0.5) is 4.39 Å². The van der Waals surface area contributed by atoms with E-state index in [0.717, 1.165) is 6.33 Å². The topological polar surface area (TPSA) is 134 Å². The third-order valence-corrected chi connectivity index (χ3v) is 3.58. The van der Waals surface area contributed by atoms with Crippen molar-refractivity contribution in [2.75, 3.05) is 6.61 Å². The van der Waals surface area contributed by atoms with E-state index in [0.29, 0.717) is 0 Å². The molecular formula is C11H13FN4O4. The second kappa shape index (κ2) is 4.63. The lowest BCUT2D eigenvalue weighted by molar-refractivity contribution is 0.0192. The van der Waals surface area contributed by atoms with Crippen molar-refractivity contribution in [3.05, 3.63) is 28.2 Å². The highest BCUT2D eigenvalue weighted by Gasteiger charge is 2.43. The van der Waals surface area contributed by atoms with Gasteiger partial charge in [-0.2, -0.15) is 4.39 Å². The SMILES string of the molecule is O=c1[nH]cnc2c(C3N[C@H](CO)[C@@H](O)[C@H]3O)c(F)[nH]c12. The first-order valence-electron chi connectivity index (χ1n) is 6.02. The summed E-state index contributed by atoms with van der Waals surface area (Å²) in [4.78, 5) is 20.0. The van der Waals surface area contributed by atoms with Crippen molar-refractivity contribution in [3.8, 4) is 0 Å². The van der Waals surface area contributed by atoms with Gasteiger partial charge in [0.05, 0.1) is 36.7 Å². The Bertz CT molecular complexity index is 699. The molecule has 0 radical (unpaired) electrons. The van der Waals surface area contributed by atoms with Crippen LogP contribution in [-0.2, 0) is 0 Å². The molecule has 1 fully saturated rings. The number of rotatable bonds is 2. The van der Waals surface area contributed by atoms with E-state index in [4.69, 9.17) is 5.11 Å². The summed E-state index contributed by atoms with van der Waals surface area (Å²) in [5.74, 6) is -0.813. The molecule has 0 amide bonds. The molecular weight excluding hydrogens is 271 g/mol. The van der Waals surface area contributed by atoms with Gasteiger partial charge in [0.15, 0.2) is 5.95 Å². The van der Waals surface area contributed by atoms with E-state index in [2.05, 4.69) is 20.3 Å². The predicted molar refractivity (Wildman–Crippen MR) is 65.4 cm³/mol. The number of aromatic amines is 2. The van der Waals surface area contributed by atoms with Gasteiger partial charge < -0.3 is 30.6 Å². The summed E-state index contributed by atoms with van der Waals surface area (Å²) in [6.45, 7) is -0.410. The maximum atomic E-state index is 14.0. The number of aromatic nitrogens is 3. The Morgan fingerprint density at radius 1 is 1.35 bits per heavy atom. The maximum Gasteiger partial charge on any atom is 0.275 e. The number of halogens is 1. The molecule has 1 saturated heterocycles. The average molecular weight is 284 g/mol. The lowest BCUT2D eigenvalue weighted by atomic mass is 10.0. The third-order valence-electron chi connectivity index (χ3n) is 3.58. The minimum Gasteiger partial charge on any atom is -0.395 e. The number of nitrogens with zero attached hydrogens (tertiary/aromatic N) is 1. The summed E-state index contributed by atoms with van der Waals surface area (Å²) in [6, 6.07) is -1.74. The number of aliphatic hydroxyl groups excluding tert-OH is 3. The van der Waals surface area contributed by atoms with Crippen LogP contribution in [0.15, 0.2) is 11.1 Å². The van der Waals surface area contributed by atoms with Gasteiger partial charge in [-0.15, -0.1) is 0 Å². The lowest BCUT2D eigenvalue weighted by Gasteiger charge is -2.14. The number of nitrogens with one attached hydrogen (secondary N) is 3. The van der Waals surface area contributed by atoms with Gasteiger partial charge in [-0.1, -0.05) is 0 Å². The van der Waals surface area contributed by atoms with E-state index in [-0.39, 0.29) is 16.6 Å². The van der Waals surface area contributed by atoms with Gasteiger partial charge in [-0.3, -0.25) is 4.79 Å². The average Bonchev–Trinajstić information content (AvgIpc) is 2.90. The third kappa shape index (κ3) is 1.75. The molecule has 1 aliphatic rings. The quantitative estimate of drug-likeness (QED) is 0.382. The van der Waals surface area contributed by atoms with Crippen molar-refractivity contribution < 1.29 is 19.7 Å². The van der Waals surface area contributed by atoms with Gasteiger partial charge in [0.1, 0.15) is 17.1 Å². The fourth-order valence-corrected chi connectivity index (χ4v) is 2.56. The largest absolute Gasteiger partial charge is 0.395 e. The predicted octanol–water partition coefficient (Wildman–Crippen LogP) is -1.88. The van der Waals surface area contributed by atoms with E-state index in [1.807, 2.05) is 0 Å². The fourth-order valence-electron chi connectivity index (χ4n) is 2.56. The highest BCUT2D eigenvalue weighted by Crippen LogP contribution is 2.32. The Hall–Kier alpha value is -1.81. The Morgan fingerprint density at radius 2 is 2.10 bits per heavy atom. The first kappa shape index (κ1) is 13.2. The lowest BCUT2D eigenvalue weighted by Crippen LogP contribution is -2.35. The molecule has 6 N–H and O–H groups in total. The number of aliphatic hydroxyl groups is 3. The molecule has 0 aliphatic carbocycles. The van der Waals surface area contributed by atoms with Crippen molar-refractivity contribution in [2.24, 2.45) is 0 Å². The van der Waals surface area contributed by atoms with Crippen LogP contribution >= 0.6 is 0 Å². The molecule has 4 atom stereocenters. The van der Waals surface area contributed by atoms with Crippen LogP contribution in [0, 0.1) is 5.95 Å². The molecule has 0 aromatic carbocycles. The zero-order valence-corrected chi connectivity index (χ0v) is 10.2. The summed E-state index contributed by atoms with van der Waals surface area (Å²) >= 11 is 0. The molecule has 1 aliphatic heterocycles. The van der Waals surface area contributed by atoms with Gasteiger partial charge in [0.2, 0.25) is 0 Å².